The number of benzene rings is 1. The van der Waals surface area contributed by atoms with Gasteiger partial charge in [-0.15, -0.1) is 0 Å². The molecule has 0 aliphatic heterocycles. The van der Waals surface area contributed by atoms with Crippen molar-refractivity contribution in [2.75, 3.05) is 11.9 Å². The summed E-state index contributed by atoms with van der Waals surface area (Å²) >= 11 is 0. The van der Waals surface area contributed by atoms with Crippen LogP contribution in [0.5, 0.6) is 5.88 Å². The van der Waals surface area contributed by atoms with E-state index in [-0.39, 0.29) is 18.6 Å². The molecular formula is C23H23N7O3. The third-order valence-corrected chi connectivity index (χ3v) is 5.44. The molecule has 0 spiro atoms. The second-order valence-corrected chi connectivity index (χ2v) is 7.83. The van der Waals surface area contributed by atoms with Gasteiger partial charge >= 0.3 is 0 Å². The van der Waals surface area contributed by atoms with Crippen LogP contribution in [-0.4, -0.2) is 54.4 Å². The van der Waals surface area contributed by atoms with E-state index >= 15 is 0 Å². The van der Waals surface area contributed by atoms with Crippen molar-refractivity contribution in [3.8, 4) is 11.6 Å². The molecule has 1 aromatic carbocycles. The van der Waals surface area contributed by atoms with E-state index in [1.165, 1.54) is 12.5 Å². The molecule has 1 amide bonds. The predicted molar refractivity (Wildman–Crippen MR) is 120 cm³/mol. The number of rotatable bonds is 8. The maximum Gasteiger partial charge on any atom is 0.269 e. The highest BCUT2D eigenvalue weighted by molar-refractivity contribution is 5.94. The number of aryl methyl sites for hydroxylation is 1. The molecule has 0 bridgehead atoms. The molecule has 1 aliphatic rings. The number of nitrogens with zero attached hydrogens (tertiary/aromatic N) is 6. The average Bonchev–Trinajstić information content (AvgIpc) is 3.24. The van der Waals surface area contributed by atoms with E-state index < -0.39 is 12.0 Å². The fourth-order valence-electron chi connectivity index (χ4n) is 3.40. The van der Waals surface area contributed by atoms with E-state index in [4.69, 9.17) is 9.47 Å². The Bertz CT molecular complexity index is 1240. The van der Waals surface area contributed by atoms with Gasteiger partial charge in [-0.3, -0.25) is 9.78 Å². The van der Waals surface area contributed by atoms with Crippen molar-refractivity contribution < 1.29 is 14.3 Å². The highest BCUT2D eigenvalue weighted by Gasteiger charge is 2.27. The second kappa shape index (κ2) is 9.29. The zero-order valence-electron chi connectivity index (χ0n) is 18.1. The first-order chi connectivity index (χ1) is 16.2. The summed E-state index contributed by atoms with van der Waals surface area (Å²) < 4.78 is 13.7. The minimum absolute atomic E-state index is 0.0914. The van der Waals surface area contributed by atoms with Gasteiger partial charge in [-0.05, 0) is 38.3 Å². The number of hydrogen-bond donors (Lipinski definition) is 1. The minimum atomic E-state index is -0.938. The lowest BCUT2D eigenvalue weighted by Gasteiger charge is -2.27. The molecule has 168 valence electrons. The first kappa shape index (κ1) is 21.0. The largest absolute Gasteiger partial charge is 0.461 e. The van der Waals surface area contributed by atoms with Crippen molar-refractivity contribution in [3.05, 3.63) is 60.9 Å². The molecule has 5 rings (SSSR count). The molecule has 33 heavy (non-hydrogen) atoms. The van der Waals surface area contributed by atoms with Crippen LogP contribution < -0.4 is 10.1 Å². The number of fused-ring (bicyclic) bond motifs is 1. The van der Waals surface area contributed by atoms with Gasteiger partial charge in [-0.2, -0.15) is 5.10 Å². The molecule has 10 heteroatoms. The number of para-hydroxylation sites is 1. The number of amides is 1. The van der Waals surface area contributed by atoms with Gasteiger partial charge in [0.2, 0.25) is 12.0 Å². The molecule has 1 atom stereocenters. The van der Waals surface area contributed by atoms with Crippen LogP contribution in [-0.2, 0) is 9.53 Å². The number of ether oxygens (including phenoxy) is 2. The Hall–Kier alpha value is -3.92. The summed E-state index contributed by atoms with van der Waals surface area (Å²) in [7, 11) is 0. The van der Waals surface area contributed by atoms with Crippen molar-refractivity contribution in [2.24, 2.45) is 0 Å². The average molecular weight is 445 g/mol. The molecule has 0 radical (unpaired) electrons. The van der Waals surface area contributed by atoms with E-state index in [1.54, 1.807) is 17.1 Å². The summed E-state index contributed by atoms with van der Waals surface area (Å²) in [5, 5.41) is 7.78. The van der Waals surface area contributed by atoms with Crippen molar-refractivity contribution in [3.63, 3.8) is 0 Å². The smallest absolute Gasteiger partial charge is 0.269 e. The van der Waals surface area contributed by atoms with Gasteiger partial charge in [-0.25, -0.2) is 19.6 Å². The van der Waals surface area contributed by atoms with Crippen LogP contribution in [0.25, 0.3) is 16.7 Å². The van der Waals surface area contributed by atoms with Crippen LogP contribution in [0.2, 0.25) is 0 Å². The Kier molecular flexibility index (Phi) is 5.90. The first-order valence-corrected chi connectivity index (χ1v) is 10.8. The summed E-state index contributed by atoms with van der Waals surface area (Å²) in [6.45, 7) is 1.92. The number of carbonyl (C=O) groups is 1. The summed E-state index contributed by atoms with van der Waals surface area (Å²) in [6.07, 6.45) is 8.43. The fourth-order valence-corrected chi connectivity index (χ4v) is 3.40. The normalized spacial score (nSPS) is 14.6. The van der Waals surface area contributed by atoms with Gasteiger partial charge in [0, 0.05) is 0 Å². The lowest BCUT2D eigenvalue weighted by atomic mass is 9.96. The van der Waals surface area contributed by atoms with Crippen LogP contribution >= 0.6 is 0 Å². The van der Waals surface area contributed by atoms with E-state index in [0.29, 0.717) is 16.9 Å². The van der Waals surface area contributed by atoms with Crippen molar-refractivity contribution >= 4 is 22.8 Å². The molecule has 1 fully saturated rings. The maximum absolute atomic E-state index is 13.0. The van der Waals surface area contributed by atoms with E-state index in [9.17, 15) is 4.79 Å². The topological polar surface area (TPSA) is 117 Å². The number of anilines is 1. The highest BCUT2D eigenvalue weighted by Crippen LogP contribution is 2.26. The summed E-state index contributed by atoms with van der Waals surface area (Å²) in [5.74, 6) is 0.205. The Morgan fingerprint density at radius 3 is 2.70 bits per heavy atom. The van der Waals surface area contributed by atoms with Crippen molar-refractivity contribution in [2.45, 2.75) is 38.4 Å². The van der Waals surface area contributed by atoms with Gasteiger partial charge in [-0.1, -0.05) is 18.2 Å². The highest BCUT2D eigenvalue weighted by atomic mass is 16.5. The zero-order valence-corrected chi connectivity index (χ0v) is 18.1. The van der Waals surface area contributed by atoms with Gasteiger partial charge in [0.15, 0.2) is 11.5 Å². The third-order valence-electron chi connectivity index (χ3n) is 5.44. The molecule has 10 nitrogen and oxygen atoms in total. The third kappa shape index (κ3) is 4.65. The monoisotopic (exact) mass is 445 g/mol. The van der Waals surface area contributed by atoms with E-state index in [2.05, 4.69) is 30.4 Å². The Labute approximate surface area is 190 Å². The zero-order chi connectivity index (χ0) is 22.6. The minimum Gasteiger partial charge on any atom is -0.461 e. The predicted octanol–water partition coefficient (Wildman–Crippen LogP) is 2.87. The molecular weight excluding hydrogens is 422 g/mol. The molecule has 3 heterocycles. The molecule has 1 saturated carbocycles. The van der Waals surface area contributed by atoms with Crippen LogP contribution in [0.3, 0.4) is 0 Å². The van der Waals surface area contributed by atoms with E-state index in [1.807, 2.05) is 37.3 Å². The van der Waals surface area contributed by atoms with Crippen molar-refractivity contribution in [1.29, 1.82) is 0 Å². The summed E-state index contributed by atoms with van der Waals surface area (Å²) in [4.78, 5) is 30.0. The van der Waals surface area contributed by atoms with Gasteiger partial charge in [0.1, 0.15) is 11.7 Å². The van der Waals surface area contributed by atoms with Crippen LogP contribution in [0, 0.1) is 6.92 Å². The second-order valence-electron chi connectivity index (χ2n) is 7.83. The number of nitrogens with one attached hydrogen (secondary N) is 1. The van der Waals surface area contributed by atoms with Crippen LogP contribution in [0.4, 0.5) is 5.82 Å². The first-order valence-electron chi connectivity index (χ1n) is 10.8. The van der Waals surface area contributed by atoms with Crippen molar-refractivity contribution in [1.82, 2.24) is 29.7 Å². The Balaban J connectivity index is 1.40. The van der Waals surface area contributed by atoms with Gasteiger partial charge < -0.3 is 14.8 Å². The Morgan fingerprint density at radius 1 is 1.12 bits per heavy atom. The number of carbonyl (C=O) groups excluding carboxylic acids is 1. The number of aromatic nitrogens is 6. The van der Waals surface area contributed by atoms with Gasteiger partial charge in [0.25, 0.3) is 5.91 Å². The van der Waals surface area contributed by atoms with Gasteiger partial charge in [0.05, 0.1) is 42.7 Å². The Morgan fingerprint density at radius 2 is 1.97 bits per heavy atom. The van der Waals surface area contributed by atoms with Crippen LogP contribution in [0.1, 0.15) is 25.0 Å². The van der Waals surface area contributed by atoms with E-state index in [0.717, 1.165) is 30.6 Å². The summed E-state index contributed by atoms with van der Waals surface area (Å²) in [6, 6.07) is 9.64. The molecule has 3 aromatic heterocycles. The van der Waals surface area contributed by atoms with Crippen LogP contribution in [0.15, 0.2) is 55.2 Å². The quantitative estimate of drug-likeness (QED) is 0.440. The molecule has 1 unspecified atom stereocenters. The number of hydrogen-bond acceptors (Lipinski definition) is 8. The standard InChI is InChI=1S/C23H23N7O3/c1-15-10-25-20(12-24-15)29-22(31)19(13-32-17-8-5-9-17)33-23-18-11-28-30(21(18)26-14-27-23)16-6-3-2-4-7-16/h2-4,6-7,10-12,14,17,19H,5,8-9,13H2,1H3,(H,25,29,31). The maximum atomic E-state index is 13.0. The molecule has 0 saturated heterocycles. The SMILES string of the molecule is Cc1cnc(NC(=O)C(COC2CCC2)Oc2ncnc3c2cnn3-c2ccccc2)cn1. The lowest BCUT2D eigenvalue weighted by Crippen LogP contribution is -2.39. The molecule has 4 aromatic rings. The molecule has 1 N–H and O–H groups in total. The lowest BCUT2D eigenvalue weighted by molar-refractivity contribution is -0.128. The fraction of sp³-hybridized carbons (Fsp3) is 0.304. The molecule has 1 aliphatic carbocycles. The summed E-state index contributed by atoms with van der Waals surface area (Å²) in [5.41, 5.74) is 2.19.